The maximum absolute atomic E-state index is 12.0. The summed E-state index contributed by atoms with van der Waals surface area (Å²) in [6, 6.07) is 19.5. The molecule has 0 bridgehead atoms. The van der Waals surface area contributed by atoms with Crippen molar-refractivity contribution in [1.29, 1.82) is 0 Å². The number of nitrogens with one attached hydrogen (secondary N) is 1. The predicted octanol–water partition coefficient (Wildman–Crippen LogP) is 4.38. The first-order chi connectivity index (χ1) is 14.7. The average molecular weight is 403 g/mol. The number of ether oxygens (including phenoxy) is 1. The zero-order chi connectivity index (χ0) is 20.8. The fraction of sp³-hybridized carbons (Fsp3) is 0.250. The average Bonchev–Trinajstić information content (AvgIpc) is 3.40. The monoisotopic (exact) mass is 403 g/mol. The minimum absolute atomic E-state index is 0.194. The van der Waals surface area contributed by atoms with Crippen molar-refractivity contribution in [1.82, 2.24) is 14.9 Å². The van der Waals surface area contributed by atoms with Crippen molar-refractivity contribution in [3.63, 3.8) is 0 Å². The third-order valence-corrected chi connectivity index (χ3v) is 4.91. The molecule has 0 fully saturated rings. The molecule has 0 aliphatic carbocycles. The molecule has 30 heavy (non-hydrogen) atoms. The van der Waals surface area contributed by atoms with Crippen molar-refractivity contribution in [2.24, 2.45) is 0 Å². The molecule has 6 heteroatoms. The van der Waals surface area contributed by atoms with Crippen molar-refractivity contribution < 1.29 is 13.9 Å². The van der Waals surface area contributed by atoms with E-state index in [-0.39, 0.29) is 5.91 Å². The lowest BCUT2D eigenvalue weighted by molar-refractivity contribution is 0.0925. The van der Waals surface area contributed by atoms with Crippen LogP contribution in [0.3, 0.4) is 0 Å². The zero-order valence-electron chi connectivity index (χ0n) is 17.0. The van der Waals surface area contributed by atoms with Crippen LogP contribution >= 0.6 is 0 Å². The maximum Gasteiger partial charge on any atom is 0.286 e. The molecule has 0 aliphatic heterocycles. The van der Waals surface area contributed by atoms with E-state index in [1.165, 1.54) is 11.8 Å². The Labute approximate surface area is 175 Å². The summed E-state index contributed by atoms with van der Waals surface area (Å²) in [7, 11) is 0. The Morgan fingerprint density at radius 1 is 1.13 bits per heavy atom. The van der Waals surface area contributed by atoms with Gasteiger partial charge in [0.05, 0.1) is 23.8 Å². The van der Waals surface area contributed by atoms with Gasteiger partial charge >= 0.3 is 0 Å². The van der Waals surface area contributed by atoms with Crippen molar-refractivity contribution in [3.8, 4) is 5.75 Å². The summed E-state index contributed by atoms with van der Waals surface area (Å²) in [4.78, 5) is 16.8. The van der Waals surface area contributed by atoms with E-state index in [1.54, 1.807) is 12.1 Å². The quantitative estimate of drug-likeness (QED) is 0.421. The van der Waals surface area contributed by atoms with Gasteiger partial charge in [-0.2, -0.15) is 0 Å². The summed E-state index contributed by atoms with van der Waals surface area (Å²) in [5.41, 5.74) is 3.25. The van der Waals surface area contributed by atoms with Gasteiger partial charge in [-0.05, 0) is 55.3 Å². The van der Waals surface area contributed by atoms with Crippen LogP contribution in [0.5, 0.6) is 5.75 Å². The van der Waals surface area contributed by atoms with E-state index >= 15 is 0 Å². The first-order valence-electron chi connectivity index (χ1n) is 10.2. The normalized spacial score (nSPS) is 11.0. The van der Waals surface area contributed by atoms with Gasteiger partial charge in [-0.25, -0.2) is 4.98 Å². The van der Waals surface area contributed by atoms with Crippen molar-refractivity contribution in [2.45, 2.75) is 26.3 Å². The number of carbonyl (C=O) groups is 1. The standard InChI is InChI=1S/C24H25N3O3/c1-18-7-4-8-19(17-18)29-16-14-27-21-10-3-2-9-20(21)26-23(27)12-5-13-25-24(28)22-11-6-15-30-22/h2-4,6-11,15,17H,5,12-14,16H2,1H3,(H,25,28). The van der Waals surface area contributed by atoms with Gasteiger partial charge in [-0.15, -0.1) is 0 Å². The summed E-state index contributed by atoms with van der Waals surface area (Å²) >= 11 is 0. The maximum atomic E-state index is 12.0. The molecule has 2 aromatic heterocycles. The highest BCUT2D eigenvalue weighted by Gasteiger charge is 2.11. The topological polar surface area (TPSA) is 69.3 Å². The van der Waals surface area contributed by atoms with Gasteiger partial charge in [0.25, 0.3) is 5.91 Å². The Kier molecular flexibility index (Phi) is 6.13. The van der Waals surface area contributed by atoms with E-state index in [0.717, 1.165) is 35.4 Å². The third kappa shape index (κ3) is 4.71. The van der Waals surface area contributed by atoms with Gasteiger partial charge in [0.2, 0.25) is 0 Å². The molecule has 4 aromatic rings. The van der Waals surface area contributed by atoms with Gasteiger partial charge in [-0.1, -0.05) is 24.3 Å². The van der Waals surface area contributed by atoms with Crippen LogP contribution in [0.25, 0.3) is 11.0 Å². The van der Waals surface area contributed by atoms with Gasteiger partial charge in [0.1, 0.15) is 18.2 Å². The predicted molar refractivity (Wildman–Crippen MR) is 116 cm³/mol. The summed E-state index contributed by atoms with van der Waals surface area (Å²) in [6.07, 6.45) is 3.04. The fourth-order valence-corrected chi connectivity index (χ4v) is 3.47. The number of hydrogen-bond donors (Lipinski definition) is 1. The lowest BCUT2D eigenvalue weighted by Gasteiger charge is -2.11. The highest BCUT2D eigenvalue weighted by molar-refractivity contribution is 5.91. The molecule has 0 unspecified atom stereocenters. The fourth-order valence-electron chi connectivity index (χ4n) is 3.47. The lowest BCUT2D eigenvalue weighted by Crippen LogP contribution is -2.24. The van der Waals surface area contributed by atoms with Crippen LogP contribution in [-0.4, -0.2) is 28.6 Å². The van der Waals surface area contributed by atoms with Gasteiger partial charge < -0.3 is 19.0 Å². The second-order valence-corrected chi connectivity index (χ2v) is 7.17. The Morgan fingerprint density at radius 3 is 2.87 bits per heavy atom. The van der Waals surface area contributed by atoms with Crippen LogP contribution in [-0.2, 0) is 13.0 Å². The molecule has 6 nitrogen and oxygen atoms in total. The van der Waals surface area contributed by atoms with E-state index in [9.17, 15) is 4.79 Å². The Morgan fingerprint density at radius 2 is 2.03 bits per heavy atom. The highest BCUT2D eigenvalue weighted by atomic mass is 16.5. The van der Waals surface area contributed by atoms with Crippen LogP contribution in [0, 0.1) is 6.92 Å². The van der Waals surface area contributed by atoms with E-state index < -0.39 is 0 Å². The zero-order valence-corrected chi connectivity index (χ0v) is 17.0. The number of nitrogens with zero attached hydrogens (tertiary/aromatic N) is 2. The number of benzene rings is 2. The minimum Gasteiger partial charge on any atom is -0.492 e. The molecule has 0 spiro atoms. The van der Waals surface area contributed by atoms with Crippen LogP contribution in [0.2, 0.25) is 0 Å². The van der Waals surface area contributed by atoms with Crippen LogP contribution < -0.4 is 10.1 Å². The van der Waals surface area contributed by atoms with E-state index in [0.29, 0.717) is 25.5 Å². The number of aryl methyl sites for hydroxylation is 2. The Bertz CT molecular complexity index is 1120. The molecule has 0 atom stereocenters. The van der Waals surface area contributed by atoms with Crippen LogP contribution in [0.15, 0.2) is 71.3 Å². The molecule has 2 heterocycles. The number of imidazole rings is 1. The number of para-hydroxylation sites is 2. The summed E-state index contributed by atoms with van der Waals surface area (Å²) in [5, 5.41) is 2.88. The minimum atomic E-state index is -0.194. The molecule has 0 aliphatic rings. The number of rotatable bonds is 9. The first kappa shape index (κ1) is 19.8. The Balaban J connectivity index is 1.38. The number of aromatic nitrogens is 2. The van der Waals surface area contributed by atoms with Crippen molar-refractivity contribution in [2.75, 3.05) is 13.2 Å². The van der Waals surface area contributed by atoms with Crippen LogP contribution in [0.1, 0.15) is 28.4 Å². The molecule has 0 saturated heterocycles. The lowest BCUT2D eigenvalue weighted by atomic mass is 10.2. The van der Waals surface area contributed by atoms with Crippen LogP contribution in [0.4, 0.5) is 0 Å². The number of carbonyl (C=O) groups excluding carboxylic acids is 1. The number of furan rings is 1. The molecule has 1 N–H and O–H groups in total. The SMILES string of the molecule is Cc1cccc(OCCn2c(CCCNC(=O)c3ccco3)nc3ccccc32)c1. The van der Waals surface area contributed by atoms with E-state index in [1.807, 2.05) is 36.4 Å². The van der Waals surface area contributed by atoms with Gasteiger partial charge in [0, 0.05) is 13.0 Å². The summed E-state index contributed by atoms with van der Waals surface area (Å²) in [5.74, 6) is 2.01. The third-order valence-electron chi connectivity index (χ3n) is 4.91. The Hall–Kier alpha value is -3.54. The second-order valence-electron chi connectivity index (χ2n) is 7.17. The largest absolute Gasteiger partial charge is 0.492 e. The molecule has 154 valence electrons. The molecule has 0 radical (unpaired) electrons. The number of hydrogen-bond acceptors (Lipinski definition) is 4. The number of fused-ring (bicyclic) bond motifs is 1. The van der Waals surface area contributed by atoms with E-state index in [4.69, 9.17) is 14.1 Å². The molecule has 4 rings (SSSR count). The summed E-state index contributed by atoms with van der Waals surface area (Å²) < 4.78 is 13.3. The summed E-state index contributed by atoms with van der Waals surface area (Å²) in [6.45, 7) is 3.89. The molecular formula is C24H25N3O3. The van der Waals surface area contributed by atoms with Crippen molar-refractivity contribution in [3.05, 3.63) is 84.1 Å². The van der Waals surface area contributed by atoms with Crippen molar-refractivity contribution >= 4 is 16.9 Å². The number of amides is 1. The van der Waals surface area contributed by atoms with E-state index in [2.05, 4.69) is 28.9 Å². The first-order valence-corrected chi connectivity index (χ1v) is 10.2. The molecule has 2 aromatic carbocycles. The molecular weight excluding hydrogens is 378 g/mol. The smallest absolute Gasteiger partial charge is 0.286 e. The van der Waals surface area contributed by atoms with Gasteiger partial charge in [0.15, 0.2) is 5.76 Å². The second kappa shape index (κ2) is 9.31. The molecule has 1 amide bonds. The molecule has 0 saturated carbocycles. The van der Waals surface area contributed by atoms with Gasteiger partial charge in [-0.3, -0.25) is 4.79 Å². The highest BCUT2D eigenvalue weighted by Crippen LogP contribution is 2.18.